The third-order valence-corrected chi connectivity index (χ3v) is 3.18. The van der Waals surface area contributed by atoms with Gasteiger partial charge in [0, 0.05) is 13.0 Å². The van der Waals surface area contributed by atoms with Crippen LogP contribution in [0.2, 0.25) is 0 Å². The van der Waals surface area contributed by atoms with E-state index in [0.717, 1.165) is 12.0 Å². The zero-order valence-electron chi connectivity index (χ0n) is 11.4. The number of ether oxygens (including phenoxy) is 1. The van der Waals surface area contributed by atoms with E-state index in [-0.39, 0.29) is 0 Å². The van der Waals surface area contributed by atoms with Crippen LogP contribution < -0.4 is 0 Å². The standard InChI is InChI=1S/C15H24O2/c1-5-12-7-9-13(10-8-12)11-14(16)15(3,4)17-6-2/h7-10,14,16H,5-6,11H2,1-4H3. The van der Waals surface area contributed by atoms with Crippen LogP contribution in [0, 0.1) is 0 Å². The van der Waals surface area contributed by atoms with E-state index < -0.39 is 11.7 Å². The minimum atomic E-state index is -0.488. The second kappa shape index (κ2) is 6.18. The number of hydrogen-bond acceptors (Lipinski definition) is 2. The van der Waals surface area contributed by atoms with Crippen molar-refractivity contribution in [2.45, 2.75) is 52.2 Å². The molecule has 0 aromatic heterocycles. The number of rotatable bonds is 6. The fourth-order valence-electron chi connectivity index (χ4n) is 1.85. The highest BCUT2D eigenvalue weighted by molar-refractivity contribution is 5.23. The molecule has 0 saturated carbocycles. The van der Waals surface area contributed by atoms with Gasteiger partial charge in [-0.25, -0.2) is 0 Å². The van der Waals surface area contributed by atoms with Crippen LogP contribution >= 0.6 is 0 Å². The lowest BCUT2D eigenvalue weighted by molar-refractivity contribution is -0.0955. The highest BCUT2D eigenvalue weighted by atomic mass is 16.5. The van der Waals surface area contributed by atoms with E-state index in [4.69, 9.17) is 4.74 Å². The van der Waals surface area contributed by atoms with Crippen molar-refractivity contribution in [3.63, 3.8) is 0 Å². The normalized spacial score (nSPS) is 13.7. The first-order chi connectivity index (χ1) is 7.99. The number of aliphatic hydroxyl groups is 1. The molecule has 0 heterocycles. The fraction of sp³-hybridized carbons (Fsp3) is 0.600. The first-order valence-electron chi connectivity index (χ1n) is 6.39. The summed E-state index contributed by atoms with van der Waals surface area (Å²) in [4.78, 5) is 0. The molecule has 0 spiro atoms. The highest BCUT2D eigenvalue weighted by Gasteiger charge is 2.28. The molecule has 1 aromatic rings. The first kappa shape index (κ1) is 14.2. The van der Waals surface area contributed by atoms with E-state index in [1.54, 1.807) is 0 Å². The van der Waals surface area contributed by atoms with E-state index in [1.807, 2.05) is 20.8 Å². The maximum absolute atomic E-state index is 10.2. The van der Waals surface area contributed by atoms with Crippen LogP contribution in [0.25, 0.3) is 0 Å². The number of hydrogen-bond donors (Lipinski definition) is 1. The van der Waals surface area contributed by atoms with Crippen LogP contribution in [0.5, 0.6) is 0 Å². The van der Waals surface area contributed by atoms with Gasteiger partial charge in [-0.05, 0) is 38.3 Å². The van der Waals surface area contributed by atoms with Crippen molar-refractivity contribution in [1.82, 2.24) is 0 Å². The lowest BCUT2D eigenvalue weighted by atomic mass is 9.94. The average molecular weight is 236 g/mol. The third kappa shape index (κ3) is 4.14. The minimum absolute atomic E-state index is 0.477. The molecule has 0 aliphatic carbocycles. The molecule has 2 nitrogen and oxygen atoms in total. The quantitative estimate of drug-likeness (QED) is 0.823. The van der Waals surface area contributed by atoms with Crippen molar-refractivity contribution in [3.05, 3.63) is 35.4 Å². The third-order valence-electron chi connectivity index (χ3n) is 3.18. The molecule has 0 bridgehead atoms. The predicted octanol–water partition coefficient (Wildman–Crippen LogP) is 2.97. The summed E-state index contributed by atoms with van der Waals surface area (Å²) in [6.07, 6.45) is 1.21. The largest absolute Gasteiger partial charge is 0.390 e. The van der Waals surface area contributed by atoms with E-state index in [2.05, 4.69) is 31.2 Å². The number of aryl methyl sites for hydroxylation is 1. The van der Waals surface area contributed by atoms with Gasteiger partial charge in [-0.3, -0.25) is 0 Å². The molecule has 96 valence electrons. The van der Waals surface area contributed by atoms with Gasteiger partial charge in [0.1, 0.15) is 0 Å². The summed E-state index contributed by atoms with van der Waals surface area (Å²) in [7, 11) is 0. The van der Waals surface area contributed by atoms with Crippen molar-refractivity contribution in [2.24, 2.45) is 0 Å². The molecule has 0 saturated heterocycles. The maximum Gasteiger partial charge on any atom is 0.0887 e. The van der Waals surface area contributed by atoms with Gasteiger partial charge in [-0.2, -0.15) is 0 Å². The molecule has 1 rings (SSSR count). The van der Waals surface area contributed by atoms with E-state index in [1.165, 1.54) is 5.56 Å². The van der Waals surface area contributed by atoms with Gasteiger partial charge in [-0.15, -0.1) is 0 Å². The zero-order valence-corrected chi connectivity index (χ0v) is 11.4. The van der Waals surface area contributed by atoms with Gasteiger partial charge >= 0.3 is 0 Å². The van der Waals surface area contributed by atoms with Gasteiger partial charge in [0.05, 0.1) is 11.7 Å². The molecule has 0 aliphatic heterocycles. The van der Waals surface area contributed by atoms with Crippen LogP contribution in [0.1, 0.15) is 38.8 Å². The summed E-state index contributed by atoms with van der Waals surface area (Å²) < 4.78 is 5.56. The van der Waals surface area contributed by atoms with E-state index in [0.29, 0.717) is 13.0 Å². The monoisotopic (exact) mass is 236 g/mol. The molecule has 17 heavy (non-hydrogen) atoms. The Kier molecular flexibility index (Phi) is 5.16. The van der Waals surface area contributed by atoms with E-state index >= 15 is 0 Å². The molecular weight excluding hydrogens is 212 g/mol. The molecule has 1 unspecified atom stereocenters. The lowest BCUT2D eigenvalue weighted by Gasteiger charge is -2.30. The van der Waals surface area contributed by atoms with Gasteiger partial charge < -0.3 is 9.84 Å². The average Bonchev–Trinajstić information content (AvgIpc) is 2.30. The van der Waals surface area contributed by atoms with Crippen molar-refractivity contribution < 1.29 is 9.84 Å². The predicted molar refractivity (Wildman–Crippen MR) is 71.2 cm³/mol. The second-order valence-corrected chi connectivity index (χ2v) is 4.93. The van der Waals surface area contributed by atoms with E-state index in [9.17, 15) is 5.11 Å². The van der Waals surface area contributed by atoms with Gasteiger partial charge in [0.2, 0.25) is 0 Å². The van der Waals surface area contributed by atoms with Gasteiger partial charge in [0.25, 0.3) is 0 Å². The minimum Gasteiger partial charge on any atom is -0.390 e. The van der Waals surface area contributed by atoms with Crippen molar-refractivity contribution >= 4 is 0 Å². The summed E-state index contributed by atoms with van der Waals surface area (Å²) in [5.41, 5.74) is 1.99. The van der Waals surface area contributed by atoms with Crippen molar-refractivity contribution in [1.29, 1.82) is 0 Å². The molecule has 0 fully saturated rings. The van der Waals surface area contributed by atoms with Crippen molar-refractivity contribution in [2.75, 3.05) is 6.61 Å². The molecular formula is C15H24O2. The fourth-order valence-corrected chi connectivity index (χ4v) is 1.85. The molecule has 1 aromatic carbocycles. The molecule has 0 radical (unpaired) electrons. The Morgan fingerprint density at radius 1 is 1.12 bits per heavy atom. The highest BCUT2D eigenvalue weighted by Crippen LogP contribution is 2.19. The van der Waals surface area contributed by atoms with Crippen LogP contribution in [0.4, 0.5) is 0 Å². The van der Waals surface area contributed by atoms with Crippen LogP contribution in [0.3, 0.4) is 0 Å². The number of aliphatic hydroxyl groups excluding tert-OH is 1. The van der Waals surface area contributed by atoms with Crippen LogP contribution in [-0.2, 0) is 17.6 Å². The Labute approximate surface area is 105 Å². The van der Waals surface area contributed by atoms with Crippen LogP contribution in [0.15, 0.2) is 24.3 Å². The lowest BCUT2D eigenvalue weighted by Crippen LogP contribution is -2.40. The SMILES string of the molecule is CCOC(C)(C)C(O)Cc1ccc(CC)cc1. The Hall–Kier alpha value is -0.860. The second-order valence-electron chi connectivity index (χ2n) is 4.93. The Morgan fingerprint density at radius 2 is 1.65 bits per heavy atom. The molecule has 1 N–H and O–H groups in total. The summed E-state index contributed by atoms with van der Waals surface area (Å²) in [5, 5.41) is 10.2. The summed E-state index contributed by atoms with van der Waals surface area (Å²) in [6.45, 7) is 8.58. The van der Waals surface area contributed by atoms with Gasteiger partial charge in [-0.1, -0.05) is 31.2 Å². The smallest absolute Gasteiger partial charge is 0.0887 e. The summed E-state index contributed by atoms with van der Waals surface area (Å²) >= 11 is 0. The summed E-state index contributed by atoms with van der Waals surface area (Å²) in [6, 6.07) is 8.42. The van der Waals surface area contributed by atoms with Gasteiger partial charge in [0.15, 0.2) is 0 Å². The summed E-state index contributed by atoms with van der Waals surface area (Å²) in [5.74, 6) is 0. The number of benzene rings is 1. The van der Waals surface area contributed by atoms with Crippen LogP contribution in [-0.4, -0.2) is 23.4 Å². The topological polar surface area (TPSA) is 29.5 Å². The molecule has 0 amide bonds. The Morgan fingerprint density at radius 3 is 2.12 bits per heavy atom. The first-order valence-corrected chi connectivity index (χ1v) is 6.39. The van der Waals surface area contributed by atoms with Crippen molar-refractivity contribution in [3.8, 4) is 0 Å². The Balaban J connectivity index is 2.63. The zero-order chi connectivity index (χ0) is 12.9. The Bertz CT molecular complexity index is 327. The molecule has 1 atom stereocenters. The maximum atomic E-state index is 10.2. The molecule has 2 heteroatoms. The molecule has 0 aliphatic rings.